The monoisotopic (exact) mass is 244 g/mol. The summed E-state index contributed by atoms with van der Waals surface area (Å²) in [7, 11) is 1.87. The molecule has 0 aliphatic carbocycles. The SMILES string of the molecule is Cn1nc(N2CCCCC2)c2cccc(N=O)c21. The highest BCUT2D eigenvalue weighted by atomic mass is 16.3. The first-order chi connectivity index (χ1) is 8.81. The van der Waals surface area contributed by atoms with Gasteiger partial charge in [-0.05, 0) is 36.6 Å². The zero-order valence-corrected chi connectivity index (χ0v) is 10.5. The van der Waals surface area contributed by atoms with Crippen molar-refractivity contribution in [3.05, 3.63) is 23.1 Å². The van der Waals surface area contributed by atoms with Crippen molar-refractivity contribution in [1.82, 2.24) is 9.78 Å². The molecule has 5 nitrogen and oxygen atoms in total. The van der Waals surface area contributed by atoms with Crippen molar-refractivity contribution in [2.75, 3.05) is 18.0 Å². The number of nitroso groups, excluding NO2 is 1. The van der Waals surface area contributed by atoms with Gasteiger partial charge in [0, 0.05) is 25.5 Å². The fourth-order valence-electron chi connectivity index (χ4n) is 2.71. The van der Waals surface area contributed by atoms with Crippen LogP contribution in [0.2, 0.25) is 0 Å². The Hall–Kier alpha value is -1.91. The van der Waals surface area contributed by atoms with E-state index in [1.54, 1.807) is 10.7 Å². The second-order valence-electron chi connectivity index (χ2n) is 4.76. The Morgan fingerprint density at radius 2 is 2.00 bits per heavy atom. The van der Waals surface area contributed by atoms with E-state index in [9.17, 15) is 4.91 Å². The number of para-hydroxylation sites is 1. The standard InChI is InChI=1S/C13H16N4O/c1-16-12-10(6-5-7-11(12)15-18)13(14-16)17-8-3-2-4-9-17/h5-7H,2-4,8-9H2,1H3. The molecule has 94 valence electrons. The van der Waals surface area contributed by atoms with Crippen molar-refractivity contribution in [3.63, 3.8) is 0 Å². The van der Waals surface area contributed by atoms with Gasteiger partial charge in [0.25, 0.3) is 0 Å². The zero-order valence-electron chi connectivity index (χ0n) is 10.5. The molecule has 0 bridgehead atoms. The normalized spacial score (nSPS) is 16.2. The van der Waals surface area contributed by atoms with Gasteiger partial charge in [-0.2, -0.15) is 5.10 Å². The van der Waals surface area contributed by atoms with Crippen molar-refractivity contribution < 1.29 is 0 Å². The Morgan fingerprint density at radius 3 is 2.72 bits per heavy atom. The number of hydrogen-bond acceptors (Lipinski definition) is 4. The van der Waals surface area contributed by atoms with Crippen LogP contribution in [0.25, 0.3) is 10.9 Å². The van der Waals surface area contributed by atoms with Gasteiger partial charge in [0.2, 0.25) is 0 Å². The average Bonchev–Trinajstić information content (AvgIpc) is 2.77. The number of benzene rings is 1. The first kappa shape index (κ1) is 11.2. The number of fused-ring (bicyclic) bond motifs is 1. The Balaban J connectivity index is 2.15. The van der Waals surface area contributed by atoms with E-state index in [2.05, 4.69) is 15.2 Å². The lowest BCUT2D eigenvalue weighted by molar-refractivity contribution is 0.571. The molecule has 18 heavy (non-hydrogen) atoms. The number of anilines is 1. The molecule has 5 heteroatoms. The number of rotatable bonds is 2. The summed E-state index contributed by atoms with van der Waals surface area (Å²) in [5, 5.41) is 8.68. The maximum absolute atomic E-state index is 10.9. The summed E-state index contributed by atoms with van der Waals surface area (Å²) in [4.78, 5) is 13.2. The van der Waals surface area contributed by atoms with E-state index in [-0.39, 0.29) is 0 Å². The molecule has 1 aliphatic heterocycles. The maximum atomic E-state index is 10.9. The summed E-state index contributed by atoms with van der Waals surface area (Å²) >= 11 is 0. The lowest BCUT2D eigenvalue weighted by Crippen LogP contribution is -2.29. The number of nitrogens with zero attached hydrogens (tertiary/aromatic N) is 4. The molecule has 0 unspecified atom stereocenters. The van der Waals surface area contributed by atoms with E-state index >= 15 is 0 Å². The van der Waals surface area contributed by atoms with Crippen LogP contribution in [-0.4, -0.2) is 22.9 Å². The highest BCUT2D eigenvalue weighted by Crippen LogP contribution is 2.33. The molecule has 0 spiro atoms. The van der Waals surface area contributed by atoms with E-state index < -0.39 is 0 Å². The molecule has 0 saturated carbocycles. The van der Waals surface area contributed by atoms with Gasteiger partial charge in [0.1, 0.15) is 5.69 Å². The van der Waals surface area contributed by atoms with Crippen LogP contribution in [0.5, 0.6) is 0 Å². The predicted molar refractivity (Wildman–Crippen MR) is 72.2 cm³/mol. The molecule has 1 aromatic carbocycles. The minimum absolute atomic E-state index is 0.464. The summed E-state index contributed by atoms with van der Waals surface area (Å²) in [6, 6.07) is 5.62. The fourth-order valence-corrected chi connectivity index (χ4v) is 2.71. The van der Waals surface area contributed by atoms with Gasteiger partial charge in [-0.15, -0.1) is 4.91 Å². The molecule has 3 rings (SSSR count). The zero-order chi connectivity index (χ0) is 12.5. The third-order valence-corrected chi connectivity index (χ3v) is 3.58. The van der Waals surface area contributed by atoms with Gasteiger partial charge in [-0.25, -0.2) is 0 Å². The second-order valence-corrected chi connectivity index (χ2v) is 4.76. The first-order valence-electron chi connectivity index (χ1n) is 6.35. The molecule has 1 fully saturated rings. The average molecular weight is 244 g/mol. The van der Waals surface area contributed by atoms with Crippen molar-refractivity contribution in [2.45, 2.75) is 19.3 Å². The number of piperidine rings is 1. The molecule has 0 amide bonds. The van der Waals surface area contributed by atoms with E-state index in [1.165, 1.54) is 19.3 Å². The van der Waals surface area contributed by atoms with Crippen molar-refractivity contribution in [1.29, 1.82) is 0 Å². The van der Waals surface area contributed by atoms with Gasteiger partial charge >= 0.3 is 0 Å². The highest BCUT2D eigenvalue weighted by molar-refractivity contribution is 5.97. The van der Waals surface area contributed by atoms with Crippen LogP contribution in [-0.2, 0) is 7.05 Å². The Bertz CT molecular complexity index is 584. The van der Waals surface area contributed by atoms with E-state index in [1.807, 2.05) is 19.2 Å². The van der Waals surface area contributed by atoms with Crippen LogP contribution in [0.4, 0.5) is 11.5 Å². The van der Waals surface area contributed by atoms with Crippen LogP contribution in [0, 0.1) is 4.91 Å². The minimum Gasteiger partial charge on any atom is -0.355 e. The number of aryl methyl sites for hydroxylation is 1. The molecule has 0 radical (unpaired) electrons. The van der Waals surface area contributed by atoms with Crippen LogP contribution in [0.15, 0.2) is 23.4 Å². The van der Waals surface area contributed by atoms with Gasteiger partial charge < -0.3 is 4.90 Å². The van der Waals surface area contributed by atoms with Gasteiger partial charge in [0.15, 0.2) is 5.82 Å². The van der Waals surface area contributed by atoms with Gasteiger partial charge in [-0.3, -0.25) is 4.68 Å². The van der Waals surface area contributed by atoms with Crippen molar-refractivity contribution in [3.8, 4) is 0 Å². The molecule has 1 saturated heterocycles. The molecule has 1 aliphatic rings. The van der Waals surface area contributed by atoms with E-state index in [4.69, 9.17) is 0 Å². The quantitative estimate of drug-likeness (QED) is 0.763. The van der Waals surface area contributed by atoms with Crippen molar-refractivity contribution in [2.24, 2.45) is 12.2 Å². The topological polar surface area (TPSA) is 50.5 Å². The third kappa shape index (κ3) is 1.66. The van der Waals surface area contributed by atoms with Crippen LogP contribution >= 0.6 is 0 Å². The predicted octanol–water partition coefficient (Wildman–Crippen LogP) is 2.96. The summed E-state index contributed by atoms with van der Waals surface area (Å²) in [6.07, 6.45) is 3.72. The molecular formula is C13H16N4O. The first-order valence-corrected chi connectivity index (χ1v) is 6.35. The Kier molecular flexibility index (Phi) is 2.74. The molecule has 1 aromatic heterocycles. The van der Waals surface area contributed by atoms with Crippen molar-refractivity contribution >= 4 is 22.4 Å². The molecule has 0 N–H and O–H groups in total. The molecular weight excluding hydrogens is 228 g/mol. The summed E-state index contributed by atoms with van der Waals surface area (Å²) in [6.45, 7) is 2.09. The van der Waals surface area contributed by atoms with Gasteiger partial charge in [0.05, 0.1) is 5.52 Å². The third-order valence-electron chi connectivity index (χ3n) is 3.58. The summed E-state index contributed by atoms with van der Waals surface area (Å²) in [5.41, 5.74) is 1.29. The highest BCUT2D eigenvalue weighted by Gasteiger charge is 2.19. The lowest BCUT2D eigenvalue weighted by Gasteiger charge is -2.26. The maximum Gasteiger partial charge on any atom is 0.158 e. The molecule has 2 heterocycles. The Labute approximate surface area is 105 Å². The molecule has 0 atom stereocenters. The van der Waals surface area contributed by atoms with E-state index in [0.29, 0.717) is 5.69 Å². The second kappa shape index (κ2) is 4.40. The lowest BCUT2D eigenvalue weighted by atomic mass is 10.1. The largest absolute Gasteiger partial charge is 0.355 e. The number of hydrogen-bond donors (Lipinski definition) is 0. The number of aromatic nitrogens is 2. The van der Waals surface area contributed by atoms with Crippen LogP contribution in [0.1, 0.15) is 19.3 Å². The molecule has 2 aromatic rings. The van der Waals surface area contributed by atoms with Gasteiger partial charge in [-0.1, -0.05) is 6.07 Å². The Morgan fingerprint density at radius 1 is 1.22 bits per heavy atom. The van der Waals surface area contributed by atoms with Crippen LogP contribution < -0.4 is 4.90 Å². The fraction of sp³-hybridized carbons (Fsp3) is 0.462. The van der Waals surface area contributed by atoms with E-state index in [0.717, 1.165) is 29.8 Å². The summed E-state index contributed by atoms with van der Waals surface area (Å²) in [5.74, 6) is 0.984. The smallest absolute Gasteiger partial charge is 0.158 e. The van der Waals surface area contributed by atoms with Crippen LogP contribution in [0.3, 0.4) is 0 Å². The minimum atomic E-state index is 0.464. The summed E-state index contributed by atoms with van der Waals surface area (Å²) < 4.78 is 1.76.